The van der Waals surface area contributed by atoms with Crippen molar-refractivity contribution in [2.45, 2.75) is 0 Å². The van der Waals surface area contributed by atoms with Gasteiger partial charge in [-0.05, 0) is 42.5 Å². The molecule has 0 atom stereocenters. The summed E-state index contributed by atoms with van der Waals surface area (Å²) in [5, 5.41) is 10.7. The van der Waals surface area contributed by atoms with Crippen molar-refractivity contribution in [1.29, 1.82) is 0 Å². The summed E-state index contributed by atoms with van der Waals surface area (Å²) in [5.74, 6) is 1.41. The minimum atomic E-state index is 0.126. The van der Waals surface area contributed by atoms with E-state index in [9.17, 15) is 5.11 Å². The number of fused-ring (bicyclic) bond motifs is 2. The van der Waals surface area contributed by atoms with E-state index in [4.69, 9.17) is 19.1 Å². The van der Waals surface area contributed by atoms with Crippen LogP contribution in [0.1, 0.15) is 0 Å². The zero-order valence-corrected chi connectivity index (χ0v) is 15.6. The molecular weight excluding hydrogens is 366 g/mol. The van der Waals surface area contributed by atoms with Crippen molar-refractivity contribution in [3.05, 3.63) is 78.4 Å². The number of phenols is 1. The molecule has 5 rings (SSSR count). The van der Waals surface area contributed by atoms with Gasteiger partial charge in [0.15, 0.2) is 0 Å². The first-order valence-corrected chi connectivity index (χ1v) is 9.11. The maximum atomic E-state index is 9.85. The van der Waals surface area contributed by atoms with Crippen molar-refractivity contribution >= 4 is 27.7 Å². The highest BCUT2D eigenvalue weighted by atomic mass is 16.5. The van der Waals surface area contributed by atoms with Crippen LogP contribution in [0, 0.1) is 0 Å². The maximum absolute atomic E-state index is 9.85. The van der Waals surface area contributed by atoms with Gasteiger partial charge in [-0.1, -0.05) is 24.3 Å². The number of nitrogens with zero attached hydrogens (tertiary/aromatic N) is 2. The number of aromatic hydroxyl groups is 1. The number of phenolic OH excluding ortho intramolecular Hbond substituents is 1. The summed E-state index contributed by atoms with van der Waals surface area (Å²) >= 11 is 0. The fourth-order valence-corrected chi connectivity index (χ4v) is 3.27. The zero-order valence-electron chi connectivity index (χ0n) is 15.6. The first-order valence-electron chi connectivity index (χ1n) is 9.11. The Morgan fingerprint density at radius 1 is 1.00 bits per heavy atom. The second-order valence-corrected chi connectivity index (χ2v) is 6.57. The van der Waals surface area contributed by atoms with Crippen LogP contribution in [0.4, 0.5) is 5.69 Å². The largest absolute Gasteiger partial charge is 0.508 e. The van der Waals surface area contributed by atoms with E-state index in [0.29, 0.717) is 34.0 Å². The Morgan fingerprint density at radius 2 is 1.83 bits per heavy atom. The lowest BCUT2D eigenvalue weighted by molar-refractivity contribution is 0.415. The molecule has 0 amide bonds. The Balaban J connectivity index is 1.82. The lowest BCUT2D eigenvalue weighted by Gasteiger charge is -2.05. The average molecular weight is 383 g/mol. The molecule has 6 nitrogen and oxygen atoms in total. The summed E-state index contributed by atoms with van der Waals surface area (Å²) in [6.45, 7) is 0. The SMILES string of the molecule is COc1ccccc1N=c1oc2cc(O)ccc2cc1-c1nc2ccccc2[nH]1. The summed E-state index contributed by atoms with van der Waals surface area (Å²) in [6.07, 6.45) is 0. The fourth-order valence-electron chi connectivity index (χ4n) is 3.27. The molecule has 0 unspecified atom stereocenters. The highest BCUT2D eigenvalue weighted by Gasteiger charge is 2.12. The van der Waals surface area contributed by atoms with Crippen molar-refractivity contribution < 1.29 is 14.3 Å². The fraction of sp³-hybridized carbons (Fsp3) is 0.0435. The van der Waals surface area contributed by atoms with E-state index >= 15 is 0 Å². The second-order valence-electron chi connectivity index (χ2n) is 6.57. The zero-order chi connectivity index (χ0) is 19.8. The van der Waals surface area contributed by atoms with Crippen LogP contribution in [0.2, 0.25) is 0 Å². The number of aromatic amines is 1. The summed E-state index contributed by atoms with van der Waals surface area (Å²) in [7, 11) is 1.60. The van der Waals surface area contributed by atoms with Crippen LogP contribution in [0.25, 0.3) is 33.4 Å². The van der Waals surface area contributed by atoms with Gasteiger partial charge in [-0.3, -0.25) is 0 Å². The molecule has 3 aromatic carbocycles. The number of H-pyrrole nitrogens is 1. The van der Waals surface area contributed by atoms with Gasteiger partial charge < -0.3 is 19.2 Å². The van der Waals surface area contributed by atoms with Crippen LogP contribution < -0.4 is 10.3 Å². The molecule has 0 aliphatic rings. The van der Waals surface area contributed by atoms with E-state index in [-0.39, 0.29) is 5.75 Å². The summed E-state index contributed by atoms with van der Waals surface area (Å²) < 4.78 is 11.5. The highest BCUT2D eigenvalue weighted by Crippen LogP contribution is 2.28. The molecule has 0 radical (unpaired) electrons. The third-order valence-electron chi connectivity index (χ3n) is 4.69. The Kier molecular flexibility index (Phi) is 4.02. The molecule has 0 saturated carbocycles. The first-order chi connectivity index (χ1) is 14.2. The quantitative estimate of drug-likeness (QED) is 0.463. The number of methoxy groups -OCH3 is 1. The normalized spacial score (nSPS) is 12.0. The van der Waals surface area contributed by atoms with Crippen molar-refractivity contribution in [2.75, 3.05) is 7.11 Å². The van der Waals surface area contributed by atoms with Gasteiger partial charge in [0.1, 0.15) is 28.6 Å². The van der Waals surface area contributed by atoms with Crippen molar-refractivity contribution in [1.82, 2.24) is 9.97 Å². The van der Waals surface area contributed by atoms with E-state index in [1.54, 1.807) is 25.3 Å². The lowest BCUT2D eigenvalue weighted by atomic mass is 10.1. The number of para-hydroxylation sites is 4. The van der Waals surface area contributed by atoms with Crippen LogP contribution >= 0.6 is 0 Å². The Morgan fingerprint density at radius 3 is 2.69 bits per heavy atom. The molecule has 2 heterocycles. The second kappa shape index (κ2) is 6.83. The Hall–Kier alpha value is -4.06. The molecule has 0 bridgehead atoms. The maximum Gasteiger partial charge on any atom is 0.231 e. The Labute approximate surface area is 165 Å². The van der Waals surface area contributed by atoms with Gasteiger partial charge in [0.25, 0.3) is 0 Å². The summed E-state index contributed by atoms with van der Waals surface area (Å²) in [6, 6.07) is 22.2. The Bertz CT molecular complexity index is 1380. The van der Waals surface area contributed by atoms with Gasteiger partial charge in [0, 0.05) is 11.5 Å². The van der Waals surface area contributed by atoms with E-state index < -0.39 is 0 Å². The number of ether oxygens (including phenoxy) is 1. The molecule has 5 aromatic rings. The monoisotopic (exact) mass is 383 g/mol. The average Bonchev–Trinajstić information content (AvgIpc) is 3.17. The predicted octanol–water partition coefficient (Wildman–Crippen LogP) is 4.92. The molecular formula is C23H17N3O3. The van der Waals surface area contributed by atoms with Crippen LogP contribution in [-0.4, -0.2) is 22.2 Å². The molecule has 6 heteroatoms. The number of hydrogen-bond donors (Lipinski definition) is 2. The number of imidazole rings is 1. The van der Waals surface area contributed by atoms with Gasteiger partial charge in [-0.25, -0.2) is 9.98 Å². The van der Waals surface area contributed by atoms with E-state index in [1.165, 1.54) is 0 Å². The molecule has 0 aliphatic carbocycles. The molecule has 2 aromatic heterocycles. The molecule has 142 valence electrons. The predicted molar refractivity (Wildman–Crippen MR) is 111 cm³/mol. The van der Waals surface area contributed by atoms with Gasteiger partial charge in [0.2, 0.25) is 5.55 Å². The number of aromatic nitrogens is 2. The number of benzene rings is 3. The topological polar surface area (TPSA) is 83.6 Å². The van der Waals surface area contributed by atoms with Gasteiger partial charge in [-0.2, -0.15) is 0 Å². The van der Waals surface area contributed by atoms with Crippen LogP contribution in [0.3, 0.4) is 0 Å². The van der Waals surface area contributed by atoms with Gasteiger partial charge >= 0.3 is 0 Å². The number of rotatable bonds is 3. The van der Waals surface area contributed by atoms with Crippen LogP contribution in [0.15, 0.2) is 82.2 Å². The number of hydrogen-bond acceptors (Lipinski definition) is 5. The van der Waals surface area contributed by atoms with Crippen molar-refractivity contribution in [2.24, 2.45) is 4.99 Å². The minimum absolute atomic E-state index is 0.126. The smallest absolute Gasteiger partial charge is 0.231 e. The molecule has 2 N–H and O–H groups in total. The third-order valence-corrected chi connectivity index (χ3v) is 4.69. The van der Waals surface area contributed by atoms with Gasteiger partial charge in [-0.15, -0.1) is 0 Å². The standard InChI is InChI=1S/C23H17N3O3/c1-28-20-9-5-4-8-19(20)26-23-16(12-14-10-11-15(27)13-21(14)29-23)22-24-17-6-2-3-7-18(17)25-22/h2-13,27H,1H3,(H,24,25). The van der Waals surface area contributed by atoms with Gasteiger partial charge in [0.05, 0.1) is 23.7 Å². The summed E-state index contributed by atoms with van der Waals surface area (Å²) in [4.78, 5) is 12.7. The van der Waals surface area contributed by atoms with E-state index in [0.717, 1.165) is 16.4 Å². The van der Waals surface area contributed by atoms with Crippen molar-refractivity contribution in [3.8, 4) is 22.9 Å². The third kappa shape index (κ3) is 3.10. The van der Waals surface area contributed by atoms with Crippen LogP contribution in [0.5, 0.6) is 11.5 Å². The van der Waals surface area contributed by atoms with E-state index in [1.807, 2.05) is 54.6 Å². The minimum Gasteiger partial charge on any atom is -0.508 e. The highest BCUT2D eigenvalue weighted by molar-refractivity contribution is 5.84. The molecule has 0 saturated heterocycles. The van der Waals surface area contributed by atoms with E-state index in [2.05, 4.69) is 4.98 Å². The van der Waals surface area contributed by atoms with Crippen molar-refractivity contribution in [3.63, 3.8) is 0 Å². The lowest BCUT2D eigenvalue weighted by Crippen LogP contribution is -2.06. The number of nitrogens with one attached hydrogen (secondary N) is 1. The molecule has 0 fully saturated rings. The summed E-state index contributed by atoms with van der Waals surface area (Å²) in [5.41, 5.74) is 4.03. The first kappa shape index (κ1) is 17.1. The molecule has 29 heavy (non-hydrogen) atoms. The molecule has 0 aliphatic heterocycles. The molecule has 0 spiro atoms. The van der Waals surface area contributed by atoms with Crippen LogP contribution in [-0.2, 0) is 0 Å².